The smallest absolute Gasteiger partial charge is 0.406 e. The van der Waals surface area contributed by atoms with Crippen molar-refractivity contribution in [2.24, 2.45) is 5.92 Å². The first kappa shape index (κ1) is 36.4. The molecule has 4 aromatic rings. The zero-order valence-electron chi connectivity index (χ0n) is 25.7. The van der Waals surface area contributed by atoms with Crippen LogP contribution in [-0.4, -0.2) is 58.9 Å². The molecule has 0 aliphatic carbocycles. The summed E-state index contributed by atoms with van der Waals surface area (Å²) >= 11 is 0. The van der Waals surface area contributed by atoms with Gasteiger partial charge < -0.3 is 15.2 Å². The number of halogens is 3. The zero-order chi connectivity index (χ0) is 35.0. The van der Waals surface area contributed by atoms with Crippen LogP contribution in [-0.2, 0) is 33.0 Å². The number of anilines is 2. The van der Waals surface area contributed by atoms with Crippen LogP contribution in [0, 0.1) is 5.92 Å². The zero-order valence-corrected chi connectivity index (χ0v) is 27.3. The van der Waals surface area contributed by atoms with E-state index in [0.29, 0.717) is 5.56 Å². The molecule has 0 unspecified atom stereocenters. The van der Waals surface area contributed by atoms with Crippen LogP contribution < -0.4 is 19.1 Å². The van der Waals surface area contributed by atoms with Crippen LogP contribution >= 0.6 is 0 Å². The Balaban J connectivity index is 1.51. The molecule has 0 saturated carbocycles. The average molecular weight is 706 g/mol. The Labute approximate surface area is 277 Å². The number of nitrogens with zero attached hydrogens (tertiary/aromatic N) is 1. The lowest BCUT2D eigenvalue weighted by molar-refractivity contribution is -0.274. The molecule has 0 heterocycles. The molecule has 4 aromatic carbocycles. The Kier molecular flexibility index (Phi) is 11.9. The molecule has 0 aromatic heterocycles. The van der Waals surface area contributed by atoms with Crippen LogP contribution in [0.5, 0.6) is 5.75 Å². The summed E-state index contributed by atoms with van der Waals surface area (Å²) in [6.07, 6.45) is -5.05. The highest BCUT2D eigenvalue weighted by molar-refractivity contribution is 7.92. The second-order valence-corrected chi connectivity index (χ2v) is 14.5. The van der Waals surface area contributed by atoms with Gasteiger partial charge in [-0.05, 0) is 53.9 Å². The molecule has 0 spiro atoms. The van der Waals surface area contributed by atoms with Crippen molar-refractivity contribution in [1.82, 2.24) is 10.0 Å². The highest BCUT2D eigenvalue weighted by Gasteiger charge is 2.32. The second-order valence-electron chi connectivity index (χ2n) is 10.9. The minimum Gasteiger partial charge on any atom is -0.406 e. The predicted octanol–water partition coefficient (Wildman–Crippen LogP) is 4.75. The van der Waals surface area contributed by atoms with E-state index in [1.807, 2.05) is 4.72 Å². The van der Waals surface area contributed by atoms with Crippen molar-refractivity contribution in [3.8, 4) is 5.75 Å². The number of nitrogens with one attached hydrogen (secondary N) is 2. The molecule has 1 amide bonds. The van der Waals surface area contributed by atoms with E-state index in [0.717, 1.165) is 22.2 Å². The van der Waals surface area contributed by atoms with Crippen molar-refractivity contribution in [2.75, 3.05) is 22.9 Å². The van der Waals surface area contributed by atoms with Crippen molar-refractivity contribution < 1.29 is 44.6 Å². The van der Waals surface area contributed by atoms with Gasteiger partial charge in [0.1, 0.15) is 5.75 Å². The first-order valence-electron chi connectivity index (χ1n) is 14.6. The Bertz CT molecular complexity index is 1890. The fraction of sp³-hybridized carbons (Fsp3) is 0.242. The maximum Gasteiger partial charge on any atom is 0.573 e. The summed E-state index contributed by atoms with van der Waals surface area (Å²) in [5.74, 6) is -3.09. The second kappa shape index (κ2) is 15.6. The molecule has 0 aliphatic rings. The number of aliphatic hydroxyl groups excluding tert-OH is 1. The van der Waals surface area contributed by atoms with E-state index in [9.17, 15) is 39.9 Å². The van der Waals surface area contributed by atoms with E-state index in [4.69, 9.17) is 0 Å². The van der Waals surface area contributed by atoms with Gasteiger partial charge in [-0.2, -0.15) is 0 Å². The van der Waals surface area contributed by atoms with Crippen LogP contribution in [0.2, 0.25) is 0 Å². The Morgan fingerprint density at radius 1 is 0.854 bits per heavy atom. The van der Waals surface area contributed by atoms with Crippen molar-refractivity contribution in [1.29, 1.82) is 0 Å². The average Bonchev–Trinajstić information content (AvgIpc) is 3.00. The van der Waals surface area contributed by atoms with Gasteiger partial charge in [0.05, 0.1) is 35.1 Å². The molecule has 256 valence electrons. The van der Waals surface area contributed by atoms with Crippen molar-refractivity contribution in [3.05, 3.63) is 126 Å². The van der Waals surface area contributed by atoms with Gasteiger partial charge in [0.25, 0.3) is 5.91 Å². The first-order chi connectivity index (χ1) is 22.6. The summed E-state index contributed by atoms with van der Waals surface area (Å²) < 4.78 is 97.2. The lowest BCUT2D eigenvalue weighted by Gasteiger charge is -2.25. The molecule has 0 bridgehead atoms. The fourth-order valence-electron chi connectivity index (χ4n) is 5.04. The number of carbonyl (C=O) groups is 1. The number of hydrogen-bond acceptors (Lipinski definition) is 8. The molecule has 48 heavy (non-hydrogen) atoms. The van der Waals surface area contributed by atoms with E-state index < -0.39 is 55.8 Å². The Hall–Kier alpha value is -4.44. The Morgan fingerprint density at radius 3 is 2.10 bits per heavy atom. The summed E-state index contributed by atoms with van der Waals surface area (Å²) in [6.45, 7) is -0.0861. The third-order valence-electron chi connectivity index (χ3n) is 7.07. The number of para-hydroxylation sites is 2. The van der Waals surface area contributed by atoms with Crippen LogP contribution in [0.4, 0.5) is 24.5 Å². The third kappa shape index (κ3) is 10.8. The fourth-order valence-corrected chi connectivity index (χ4v) is 7.44. The summed E-state index contributed by atoms with van der Waals surface area (Å²) in [6, 6.07) is 27.7. The first-order valence-corrected chi connectivity index (χ1v) is 18.1. The van der Waals surface area contributed by atoms with Gasteiger partial charge in [0.15, 0.2) is 0 Å². The van der Waals surface area contributed by atoms with Crippen molar-refractivity contribution >= 4 is 37.3 Å². The number of aliphatic hydroxyl groups is 1. The van der Waals surface area contributed by atoms with Gasteiger partial charge in [0, 0.05) is 19.0 Å². The van der Waals surface area contributed by atoms with E-state index >= 15 is 0 Å². The third-order valence-corrected chi connectivity index (χ3v) is 9.51. The molecule has 0 aliphatic heterocycles. The standard InChI is InChI=1S/C33H34F3N3O7S2/c1-47(42,43)39(27-14-6-3-7-15-27)30-18-9-8-17-29(30)32(41)38-48(44,45)23-26(19-24-11-4-2-5-12-24)31(40)22-37-21-25-13-10-16-28(20-25)46-33(34,35)36/h2-18,20,26,31,37,40H,19,21-23H2,1H3,(H,38,41)/t26-,31+/m1/s1. The number of rotatable bonds is 15. The summed E-state index contributed by atoms with van der Waals surface area (Å²) in [5, 5.41) is 14.0. The summed E-state index contributed by atoms with van der Waals surface area (Å²) in [7, 11) is -8.38. The molecule has 0 fully saturated rings. The van der Waals surface area contributed by atoms with Crippen molar-refractivity contribution in [2.45, 2.75) is 25.4 Å². The maximum atomic E-state index is 13.4. The molecular formula is C33H34F3N3O7S2. The lowest BCUT2D eigenvalue weighted by Crippen LogP contribution is -2.42. The van der Waals surface area contributed by atoms with Gasteiger partial charge in [-0.25, -0.2) is 25.9 Å². The van der Waals surface area contributed by atoms with Crippen LogP contribution in [0.1, 0.15) is 21.5 Å². The minimum absolute atomic E-state index is 0.0443. The monoisotopic (exact) mass is 705 g/mol. The molecule has 0 radical (unpaired) electrons. The minimum atomic E-state index is -4.86. The maximum absolute atomic E-state index is 13.4. The summed E-state index contributed by atoms with van der Waals surface area (Å²) in [4.78, 5) is 13.4. The SMILES string of the molecule is CS(=O)(=O)N(c1ccccc1)c1ccccc1C(=O)NS(=O)(=O)C[C@@H](Cc1ccccc1)[C@@H](O)CNCc1cccc(OC(F)(F)F)c1. The molecule has 3 N–H and O–H groups in total. The topological polar surface area (TPSA) is 142 Å². The quantitative estimate of drug-likeness (QED) is 0.161. The highest BCUT2D eigenvalue weighted by Crippen LogP contribution is 2.31. The lowest BCUT2D eigenvalue weighted by atomic mass is 9.95. The predicted molar refractivity (Wildman–Crippen MR) is 176 cm³/mol. The number of ether oxygens (including phenoxy) is 1. The van der Waals surface area contributed by atoms with Gasteiger partial charge in [-0.3, -0.25) is 4.79 Å². The van der Waals surface area contributed by atoms with Crippen LogP contribution in [0.15, 0.2) is 109 Å². The molecular weight excluding hydrogens is 672 g/mol. The number of sulfonamides is 2. The number of alkyl halides is 3. The molecule has 2 atom stereocenters. The van der Waals surface area contributed by atoms with Crippen LogP contribution in [0.3, 0.4) is 0 Å². The van der Waals surface area contributed by atoms with E-state index in [1.165, 1.54) is 48.5 Å². The molecule has 15 heteroatoms. The van der Waals surface area contributed by atoms with Gasteiger partial charge >= 0.3 is 6.36 Å². The van der Waals surface area contributed by atoms with Gasteiger partial charge in [-0.1, -0.05) is 72.8 Å². The molecule has 4 rings (SSSR count). The summed E-state index contributed by atoms with van der Waals surface area (Å²) in [5.41, 5.74) is 1.11. The number of hydrogen-bond donors (Lipinski definition) is 3. The Morgan fingerprint density at radius 2 is 1.46 bits per heavy atom. The van der Waals surface area contributed by atoms with Gasteiger partial charge in [-0.15, -0.1) is 13.2 Å². The van der Waals surface area contributed by atoms with Crippen LogP contribution in [0.25, 0.3) is 0 Å². The number of benzene rings is 4. The van der Waals surface area contributed by atoms with E-state index in [-0.39, 0.29) is 36.4 Å². The highest BCUT2D eigenvalue weighted by atomic mass is 32.2. The van der Waals surface area contributed by atoms with Gasteiger partial charge in [0.2, 0.25) is 20.0 Å². The number of amides is 1. The van der Waals surface area contributed by atoms with E-state index in [2.05, 4.69) is 10.1 Å². The largest absolute Gasteiger partial charge is 0.573 e. The molecule has 0 saturated heterocycles. The normalized spacial score (nSPS) is 13.4. The van der Waals surface area contributed by atoms with E-state index in [1.54, 1.807) is 54.6 Å². The number of carbonyl (C=O) groups excluding carboxylic acids is 1. The van der Waals surface area contributed by atoms with Crippen molar-refractivity contribution in [3.63, 3.8) is 0 Å². The molecule has 10 nitrogen and oxygen atoms in total.